The Balaban J connectivity index is 0.00000106. The molecular weight excluding hydrogens is 256 g/mol. The molecule has 126 valence electrons. The van der Waals surface area contributed by atoms with Crippen LogP contribution in [0.4, 0.5) is 0 Å². The summed E-state index contributed by atoms with van der Waals surface area (Å²) >= 11 is 0. The summed E-state index contributed by atoms with van der Waals surface area (Å²) in [5, 5.41) is 3.61. The maximum Gasteiger partial charge on any atom is 0.00671 e. The molecule has 1 aliphatic heterocycles. The van der Waals surface area contributed by atoms with Crippen molar-refractivity contribution in [1.82, 2.24) is 10.2 Å². The number of rotatable bonds is 5. The highest BCUT2D eigenvalue weighted by Gasteiger charge is 2.25. The molecule has 2 nitrogen and oxygen atoms in total. The molecule has 2 rings (SSSR count). The van der Waals surface area contributed by atoms with E-state index >= 15 is 0 Å². The van der Waals surface area contributed by atoms with Crippen LogP contribution < -0.4 is 5.32 Å². The number of piperidine rings is 1. The lowest BCUT2D eigenvalue weighted by Gasteiger charge is -2.37. The van der Waals surface area contributed by atoms with Crippen LogP contribution in [0.5, 0.6) is 0 Å². The van der Waals surface area contributed by atoms with Crippen LogP contribution in [0.15, 0.2) is 0 Å². The molecule has 2 aliphatic rings. The van der Waals surface area contributed by atoms with Gasteiger partial charge in [0.15, 0.2) is 0 Å². The van der Waals surface area contributed by atoms with Gasteiger partial charge >= 0.3 is 0 Å². The van der Waals surface area contributed by atoms with Crippen molar-refractivity contribution in [3.63, 3.8) is 0 Å². The van der Waals surface area contributed by atoms with Gasteiger partial charge in [0.2, 0.25) is 0 Å². The minimum absolute atomic E-state index is 0.813. The summed E-state index contributed by atoms with van der Waals surface area (Å²) in [6.45, 7) is 16.2. The molecule has 0 atom stereocenters. The molecule has 1 saturated carbocycles. The van der Waals surface area contributed by atoms with E-state index in [-0.39, 0.29) is 0 Å². The van der Waals surface area contributed by atoms with Crippen LogP contribution in [0.25, 0.3) is 0 Å². The third kappa shape index (κ3) is 6.69. The average molecular weight is 297 g/mol. The van der Waals surface area contributed by atoms with E-state index in [1.807, 2.05) is 13.8 Å². The number of hydrogen-bond acceptors (Lipinski definition) is 2. The summed E-state index contributed by atoms with van der Waals surface area (Å²) in [5.74, 6) is 2.85. The van der Waals surface area contributed by atoms with Gasteiger partial charge in [0, 0.05) is 12.6 Å². The Hall–Kier alpha value is -0.0800. The van der Waals surface area contributed by atoms with Crippen molar-refractivity contribution >= 4 is 0 Å². The molecule has 0 radical (unpaired) electrons. The molecule has 0 amide bonds. The first-order chi connectivity index (χ1) is 10.2. The molecule has 0 unspecified atom stereocenters. The van der Waals surface area contributed by atoms with Crippen molar-refractivity contribution < 1.29 is 0 Å². The first-order valence-electron chi connectivity index (χ1n) is 9.64. The maximum atomic E-state index is 3.61. The molecule has 0 aromatic heterocycles. The monoisotopic (exact) mass is 296 g/mol. The van der Waals surface area contributed by atoms with Crippen LogP contribution in [0.1, 0.15) is 73.1 Å². The predicted molar refractivity (Wildman–Crippen MR) is 94.8 cm³/mol. The van der Waals surface area contributed by atoms with Gasteiger partial charge in [0.25, 0.3) is 0 Å². The van der Waals surface area contributed by atoms with E-state index in [0.717, 1.165) is 30.3 Å². The van der Waals surface area contributed by atoms with Crippen molar-refractivity contribution in [2.45, 2.75) is 79.2 Å². The van der Waals surface area contributed by atoms with E-state index in [4.69, 9.17) is 0 Å². The van der Waals surface area contributed by atoms with Crippen LogP contribution in [-0.4, -0.2) is 37.1 Å². The van der Waals surface area contributed by atoms with Crippen molar-refractivity contribution in [2.75, 3.05) is 26.2 Å². The molecular formula is C19H40N2. The van der Waals surface area contributed by atoms with Crippen LogP contribution in [0, 0.1) is 17.8 Å². The molecule has 1 N–H and O–H groups in total. The molecule has 1 saturated heterocycles. The van der Waals surface area contributed by atoms with Crippen LogP contribution in [0.2, 0.25) is 0 Å². The molecule has 0 spiro atoms. The normalized spacial score (nSPS) is 28.3. The summed E-state index contributed by atoms with van der Waals surface area (Å²) in [5.41, 5.74) is 0. The highest BCUT2D eigenvalue weighted by Crippen LogP contribution is 2.28. The fourth-order valence-electron chi connectivity index (χ4n) is 4.01. The number of hydrogen-bond donors (Lipinski definition) is 1. The van der Waals surface area contributed by atoms with Crippen molar-refractivity contribution in [2.24, 2.45) is 17.8 Å². The van der Waals surface area contributed by atoms with E-state index < -0.39 is 0 Å². The molecule has 21 heavy (non-hydrogen) atoms. The van der Waals surface area contributed by atoms with E-state index in [1.54, 1.807) is 0 Å². The van der Waals surface area contributed by atoms with Gasteiger partial charge in [0.05, 0.1) is 0 Å². The van der Waals surface area contributed by atoms with E-state index in [2.05, 4.69) is 31.0 Å². The molecule has 1 aliphatic carbocycles. The maximum absolute atomic E-state index is 3.61. The summed E-state index contributed by atoms with van der Waals surface area (Å²) in [4.78, 5) is 2.75. The standard InChI is InChI=1S/C17H34N2.C2H6/c1-4-18-17-7-5-15(6-8-17)13-19-11-9-16(10-12-19)14(2)3;1-2/h14-18H,4-13H2,1-3H3;1-2H3. The van der Waals surface area contributed by atoms with Crippen molar-refractivity contribution in [1.29, 1.82) is 0 Å². The number of likely N-dealkylation sites (tertiary alicyclic amines) is 1. The van der Waals surface area contributed by atoms with Gasteiger partial charge in [-0.15, -0.1) is 0 Å². The largest absolute Gasteiger partial charge is 0.314 e. The Morgan fingerprint density at radius 2 is 1.52 bits per heavy atom. The number of nitrogens with zero attached hydrogens (tertiary/aromatic N) is 1. The lowest BCUT2D eigenvalue weighted by molar-refractivity contribution is 0.124. The second-order valence-corrected chi connectivity index (χ2v) is 7.16. The molecule has 0 aromatic carbocycles. The quantitative estimate of drug-likeness (QED) is 0.800. The average Bonchev–Trinajstić information content (AvgIpc) is 2.52. The third-order valence-electron chi connectivity index (χ3n) is 5.43. The van der Waals surface area contributed by atoms with Gasteiger partial charge in [-0.25, -0.2) is 0 Å². The van der Waals surface area contributed by atoms with Gasteiger partial charge in [-0.3, -0.25) is 0 Å². The predicted octanol–water partition coefficient (Wildman–Crippen LogP) is 4.55. The highest BCUT2D eigenvalue weighted by atomic mass is 15.1. The minimum Gasteiger partial charge on any atom is -0.314 e. The highest BCUT2D eigenvalue weighted by molar-refractivity contribution is 4.81. The zero-order valence-corrected chi connectivity index (χ0v) is 15.3. The van der Waals surface area contributed by atoms with E-state index in [0.29, 0.717) is 0 Å². The fourth-order valence-corrected chi connectivity index (χ4v) is 4.01. The van der Waals surface area contributed by atoms with Crippen LogP contribution >= 0.6 is 0 Å². The Morgan fingerprint density at radius 3 is 2.00 bits per heavy atom. The van der Waals surface area contributed by atoms with Gasteiger partial charge in [-0.2, -0.15) is 0 Å². The Bertz CT molecular complexity index is 236. The third-order valence-corrected chi connectivity index (χ3v) is 5.43. The number of nitrogens with one attached hydrogen (secondary N) is 1. The smallest absolute Gasteiger partial charge is 0.00671 e. The SMILES string of the molecule is CC.CCNC1CCC(CN2CCC(C(C)C)CC2)CC1. The summed E-state index contributed by atoms with van der Waals surface area (Å²) < 4.78 is 0. The Labute approximate surface area is 134 Å². The second-order valence-electron chi connectivity index (χ2n) is 7.16. The first-order valence-corrected chi connectivity index (χ1v) is 9.64. The molecule has 0 bridgehead atoms. The molecule has 2 heteroatoms. The van der Waals surface area contributed by atoms with Crippen molar-refractivity contribution in [3.8, 4) is 0 Å². The molecule has 1 heterocycles. The summed E-state index contributed by atoms with van der Waals surface area (Å²) in [7, 11) is 0. The zero-order valence-electron chi connectivity index (χ0n) is 15.3. The first kappa shape index (κ1) is 19.0. The molecule has 0 aromatic rings. The molecule has 2 fully saturated rings. The lowest BCUT2D eigenvalue weighted by Crippen LogP contribution is -2.40. The van der Waals surface area contributed by atoms with Gasteiger partial charge in [0.1, 0.15) is 0 Å². The van der Waals surface area contributed by atoms with Gasteiger partial charge in [-0.05, 0) is 75.9 Å². The summed E-state index contributed by atoms with van der Waals surface area (Å²) in [6, 6.07) is 0.813. The fraction of sp³-hybridized carbons (Fsp3) is 1.00. The van der Waals surface area contributed by atoms with Crippen molar-refractivity contribution in [3.05, 3.63) is 0 Å². The lowest BCUT2D eigenvalue weighted by atomic mass is 9.83. The van der Waals surface area contributed by atoms with Gasteiger partial charge in [-0.1, -0.05) is 34.6 Å². The van der Waals surface area contributed by atoms with Crippen LogP contribution in [-0.2, 0) is 0 Å². The zero-order chi connectivity index (χ0) is 15.7. The van der Waals surface area contributed by atoms with E-state index in [9.17, 15) is 0 Å². The topological polar surface area (TPSA) is 15.3 Å². The van der Waals surface area contributed by atoms with E-state index in [1.165, 1.54) is 58.2 Å². The van der Waals surface area contributed by atoms with Gasteiger partial charge < -0.3 is 10.2 Å². The Morgan fingerprint density at radius 1 is 0.952 bits per heavy atom. The minimum atomic E-state index is 0.813. The summed E-state index contributed by atoms with van der Waals surface area (Å²) in [6.07, 6.45) is 8.57. The Kier molecular flexibility index (Phi) is 9.59. The second kappa shape index (κ2) is 10.6. The van der Waals surface area contributed by atoms with Crippen LogP contribution in [0.3, 0.4) is 0 Å².